The molecule has 0 saturated heterocycles. The van der Waals surface area contributed by atoms with Gasteiger partial charge in [-0.05, 0) is 31.4 Å². The van der Waals surface area contributed by atoms with Crippen LogP contribution in [0, 0.1) is 11.7 Å². The maximum absolute atomic E-state index is 12.7. The van der Waals surface area contributed by atoms with E-state index in [1.54, 1.807) is 6.07 Å². The third kappa shape index (κ3) is 6.07. The highest BCUT2D eigenvalue weighted by Gasteiger charge is 2.05. The van der Waals surface area contributed by atoms with Crippen LogP contribution >= 0.6 is 0 Å². The zero-order chi connectivity index (χ0) is 13.4. The van der Waals surface area contributed by atoms with Crippen molar-refractivity contribution in [2.75, 3.05) is 19.8 Å². The predicted octanol–water partition coefficient (Wildman–Crippen LogP) is 2.93. The smallest absolute Gasteiger partial charge is 0.141 e. The summed E-state index contributed by atoms with van der Waals surface area (Å²) < 4.78 is 18.2. The quantitative estimate of drug-likeness (QED) is 0.724. The van der Waals surface area contributed by atoms with Gasteiger partial charge in [-0.3, -0.25) is 4.98 Å². The van der Waals surface area contributed by atoms with E-state index < -0.39 is 0 Å². The molecule has 0 aliphatic carbocycles. The molecule has 102 valence electrons. The van der Waals surface area contributed by atoms with Gasteiger partial charge >= 0.3 is 0 Å². The molecule has 0 radical (unpaired) electrons. The Bertz CT molecular complexity index is 327. The minimum Gasteiger partial charge on any atom is -0.380 e. The first-order valence-corrected chi connectivity index (χ1v) is 6.52. The van der Waals surface area contributed by atoms with E-state index in [-0.39, 0.29) is 11.9 Å². The largest absolute Gasteiger partial charge is 0.380 e. The second-order valence-corrected chi connectivity index (χ2v) is 4.87. The molecule has 0 amide bonds. The van der Waals surface area contributed by atoms with Crippen molar-refractivity contribution in [1.29, 1.82) is 0 Å². The molecule has 18 heavy (non-hydrogen) atoms. The first-order valence-electron chi connectivity index (χ1n) is 6.52. The molecule has 3 nitrogen and oxygen atoms in total. The summed E-state index contributed by atoms with van der Waals surface area (Å²) in [5.74, 6) is 0.378. The van der Waals surface area contributed by atoms with Crippen molar-refractivity contribution in [1.82, 2.24) is 10.3 Å². The zero-order valence-electron chi connectivity index (χ0n) is 11.4. The van der Waals surface area contributed by atoms with Crippen molar-refractivity contribution < 1.29 is 9.13 Å². The van der Waals surface area contributed by atoms with Crippen molar-refractivity contribution in [3.05, 3.63) is 29.8 Å². The molecule has 1 aromatic rings. The van der Waals surface area contributed by atoms with Gasteiger partial charge in [-0.1, -0.05) is 13.8 Å². The average Bonchev–Trinajstić information content (AvgIpc) is 2.34. The van der Waals surface area contributed by atoms with Gasteiger partial charge in [0.05, 0.1) is 18.5 Å². The minimum atomic E-state index is -0.303. The number of ether oxygens (including phenoxy) is 1. The van der Waals surface area contributed by atoms with Gasteiger partial charge in [0.15, 0.2) is 0 Å². The number of rotatable bonds is 8. The normalized spacial score (nSPS) is 12.9. The summed E-state index contributed by atoms with van der Waals surface area (Å²) in [6.45, 7) is 8.65. The molecule has 0 spiro atoms. The van der Waals surface area contributed by atoms with E-state index >= 15 is 0 Å². The van der Waals surface area contributed by atoms with Gasteiger partial charge < -0.3 is 10.1 Å². The molecule has 1 atom stereocenters. The van der Waals surface area contributed by atoms with E-state index in [2.05, 4.69) is 24.1 Å². The van der Waals surface area contributed by atoms with E-state index in [0.717, 1.165) is 25.3 Å². The molecule has 1 unspecified atom stereocenters. The van der Waals surface area contributed by atoms with Gasteiger partial charge in [0, 0.05) is 19.2 Å². The van der Waals surface area contributed by atoms with Crippen LogP contribution in [0.5, 0.6) is 0 Å². The Morgan fingerprint density at radius 2 is 2.06 bits per heavy atom. The van der Waals surface area contributed by atoms with E-state index in [1.807, 2.05) is 6.92 Å². The first kappa shape index (κ1) is 15.1. The Morgan fingerprint density at radius 3 is 2.67 bits per heavy atom. The molecule has 0 saturated carbocycles. The fraction of sp³-hybridized carbons (Fsp3) is 0.643. The van der Waals surface area contributed by atoms with Gasteiger partial charge in [-0.15, -0.1) is 0 Å². The highest BCUT2D eigenvalue weighted by Crippen LogP contribution is 2.08. The van der Waals surface area contributed by atoms with Crippen LogP contribution in [0.15, 0.2) is 18.3 Å². The van der Waals surface area contributed by atoms with Gasteiger partial charge in [0.25, 0.3) is 0 Å². The Hall–Kier alpha value is -1.00. The SMILES string of the molecule is CC(C)CCOCCNC(C)c1ccc(F)cn1. The maximum atomic E-state index is 12.7. The lowest BCUT2D eigenvalue weighted by Crippen LogP contribution is -2.24. The van der Waals surface area contributed by atoms with Crippen molar-refractivity contribution in [2.45, 2.75) is 33.2 Å². The van der Waals surface area contributed by atoms with Crippen molar-refractivity contribution in [3.8, 4) is 0 Å². The van der Waals surface area contributed by atoms with Gasteiger partial charge in [0.2, 0.25) is 0 Å². The molecule has 4 heteroatoms. The van der Waals surface area contributed by atoms with Gasteiger partial charge in [-0.25, -0.2) is 4.39 Å². The van der Waals surface area contributed by atoms with Crippen LogP contribution in [-0.4, -0.2) is 24.7 Å². The third-order valence-corrected chi connectivity index (χ3v) is 2.73. The number of hydrogen-bond donors (Lipinski definition) is 1. The topological polar surface area (TPSA) is 34.1 Å². The Kier molecular flexibility index (Phi) is 6.83. The number of pyridine rings is 1. The molecule has 0 aliphatic heterocycles. The van der Waals surface area contributed by atoms with Crippen LogP contribution in [0.25, 0.3) is 0 Å². The molecular weight excluding hydrogens is 231 g/mol. The number of halogens is 1. The van der Waals surface area contributed by atoms with Crippen molar-refractivity contribution in [3.63, 3.8) is 0 Å². The second-order valence-electron chi connectivity index (χ2n) is 4.87. The lowest BCUT2D eigenvalue weighted by atomic mass is 10.1. The lowest BCUT2D eigenvalue weighted by Gasteiger charge is -2.13. The van der Waals surface area contributed by atoms with Crippen molar-refractivity contribution in [2.24, 2.45) is 5.92 Å². The fourth-order valence-electron chi connectivity index (χ4n) is 1.52. The standard InChI is InChI=1S/C14H23FN2O/c1-11(2)6-8-18-9-7-16-12(3)14-5-4-13(15)10-17-14/h4-5,10-12,16H,6-9H2,1-3H3. The summed E-state index contributed by atoms with van der Waals surface area (Å²) in [4.78, 5) is 4.04. The Morgan fingerprint density at radius 1 is 1.28 bits per heavy atom. The third-order valence-electron chi connectivity index (χ3n) is 2.73. The Balaban J connectivity index is 2.13. The summed E-state index contributed by atoms with van der Waals surface area (Å²) in [6.07, 6.45) is 2.34. The molecular formula is C14H23FN2O. The highest BCUT2D eigenvalue weighted by molar-refractivity contribution is 5.08. The van der Waals surface area contributed by atoms with Gasteiger partial charge in [-0.2, -0.15) is 0 Å². The van der Waals surface area contributed by atoms with Crippen LogP contribution in [-0.2, 0) is 4.74 Å². The van der Waals surface area contributed by atoms with Crippen LogP contribution < -0.4 is 5.32 Å². The minimum absolute atomic E-state index is 0.110. The van der Waals surface area contributed by atoms with Crippen LogP contribution in [0.4, 0.5) is 4.39 Å². The summed E-state index contributed by atoms with van der Waals surface area (Å²) in [6, 6.07) is 3.24. The zero-order valence-corrected chi connectivity index (χ0v) is 11.4. The monoisotopic (exact) mass is 254 g/mol. The van der Waals surface area contributed by atoms with Crippen LogP contribution in [0.3, 0.4) is 0 Å². The van der Waals surface area contributed by atoms with E-state index in [0.29, 0.717) is 12.5 Å². The van der Waals surface area contributed by atoms with Crippen LogP contribution in [0.1, 0.15) is 38.9 Å². The summed E-state index contributed by atoms with van der Waals surface area (Å²) in [5, 5.41) is 3.30. The number of nitrogens with one attached hydrogen (secondary N) is 1. The lowest BCUT2D eigenvalue weighted by molar-refractivity contribution is 0.123. The molecule has 0 aromatic carbocycles. The number of aromatic nitrogens is 1. The highest BCUT2D eigenvalue weighted by atomic mass is 19.1. The number of nitrogens with zero attached hydrogens (tertiary/aromatic N) is 1. The Labute approximate surface area is 109 Å². The van der Waals surface area contributed by atoms with Gasteiger partial charge in [0.1, 0.15) is 5.82 Å². The molecule has 1 heterocycles. The summed E-state index contributed by atoms with van der Waals surface area (Å²) in [5.41, 5.74) is 0.846. The molecule has 0 aliphatic rings. The fourth-order valence-corrected chi connectivity index (χ4v) is 1.52. The molecule has 0 fully saturated rings. The molecule has 1 N–H and O–H groups in total. The molecule has 0 bridgehead atoms. The van der Waals surface area contributed by atoms with E-state index in [1.165, 1.54) is 12.3 Å². The molecule has 1 rings (SSSR count). The maximum Gasteiger partial charge on any atom is 0.141 e. The number of hydrogen-bond acceptors (Lipinski definition) is 3. The summed E-state index contributed by atoms with van der Waals surface area (Å²) in [7, 11) is 0. The van der Waals surface area contributed by atoms with E-state index in [9.17, 15) is 4.39 Å². The molecule has 1 aromatic heterocycles. The average molecular weight is 254 g/mol. The van der Waals surface area contributed by atoms with Crippen LogP contribution in [0.2, 0.25) is 0 Å². The van der Waals surface area contributed by atoms with E-state index in [4.69, 9.17) is 4.74 Å². The first-order chi connectivity index (χ1) is 8.59. The summed E-state index contributed by atoms with van der Waals surface area (Å²) >= 11 is 0. The second kappa shape index (κ2) is 8.16. The van der Waals surface area contributed by atoms with Crippen molar-refractivity contribution >= 4 is 0 Å². The predicted molar refractivity (Wildman–Crippen MR) is 70.9 cm³/mol.